The highest BCUT2D eigenvalue weighted by Gasteiger charge is 2.21. The van der Waals surface area contributed by atoms with Gasteiger partial charge in [-0.3, -0.25) is 0 Å². The van der Waals surface area contributed by atoms with Gasteiger partial charge in [0, 0.05) is 12.6 Å². The first kappa shape index (κ1) is 14.1. The summed E-state index contributed by atoms with van der Waals surface area (Å²) < 4.78 is 53.2. The number of hydrogen-bond acceptors (Lipinski definition) is 1. The standard InChI is InChI=1S/C16H13F4N/c17-11-2-1-9(8-21-12-3-4-12)13(7-11)10-5-14(18)16(20)15(19)6-10/h1-2,5-7,12,21H,3-4,8H2. The van der Waals surface area contributed by atoms with Crippen molar-refractivity contribution in [1.82, 2.24) is 5.32 Å². The molecule has 0 aliphatic heterocycles. The topological polar surface area (TPSA) is 12.0 Å². The highest BCUT2D eigenvalue weighted by Crippen LogP contribution is 2.28. The van der Waals surface area contributed by atoms with Gasteiger partial charge in [0.05, 0.1) is 0 Å². The number of nitrogens with one attached hydrogen (secondary N) is 1. The zero-order valence-electron chi connectivity index (χ0n) is 11.1. The van der Waals surface area contributed by atoms with Gasteiger partial charge in [0.25, 0.3) is 0 Å². The predicted molar refractivity (Wildman–Crippen MR) is 71.6 cm³/mol. The Morgan fingerprint density at radius 3 is 2.24 bits per heavy atom. The number of benzene rings is 2. The van der Waals surface area contributed by atoms with E-state index in [2.05, 4.69) is 5.32 Å². The molecule has 0 bridgehead atoms. The Labute approximate surface area is 119 Å². The number of halogens is 4. The fraction of sp³-hybridized carbons (Fsp3) is 0.250. The van der Waals surface area contributed by atoms with Gasteiger partial charge in [0.1, 0.15) is 5.82 Å². The van der Waals surface area contributed by atoms with Crippen molar-refractivity contribution in [2.75, 3.05) is 0 Å². The Balaban J connectivity index is 2.00. The van der Waals surface area contributed by atoms with Crippen molar-refractivity contribution >= 4 is 0 Å². The smallest absolute Gasteiger partial charge is 0.194 e. The van der Waals surface area contributed by atoms with Crippen LogP contribution in [0, 0.1) is 23.3 Å². The first-order valence-electron chi connectivity index (χ1n) is 6.71. The lowest BCUT2D eigenvalue weighted by Gasteiger charge is -2.11. The summed E-state index contributed by atoms with van der Waals surface area (Å²) in [4.78, 5) is 0. The molecule has 0 atom stereocenters. The molecule has 1 N–H and O–H groups in total. The van der Waals surface area contributed by atoms with Crippen LogP contribution in [0.15, 0.2) is 30.3 Å². The maximum atomic E-state index is 13.4. The third kappa shape index (κ3) is 3.08. The molecule has 0 heterocycles. The fourth-order valence-corrected chi connectivity index (χ4v) is 2.22. The average molecular weight is 295 g/mol. The van der Waals surface area contributed by atoms with Crippen molar-refractivity contribution in [1.29, 1.82) is 0 Å². The maximum absolute atomic E-state index is 13.4. The Morgan fingerprint density at radius 2 is 1.62 bits per heavy atom. The Kier molecular flexibility index (Phi) is 3.68. The van der Waals surface area contributed by atoms with Crippen molar-refractivity contribution in [2.24, 2.45) is 0 Å². The third-order valence-corrected chi connectivity index (χ3v) is 3.53. The SMILES string of the molecule is Fc1ccc(CNC2CC2)c(-c2cc(F)c(F)c(F)c2)c1. The van der Waals surface area contributed by atoms with Crippen LogP contribution in [0.2, 0.25) is 0 Å². The Bertz CT molecular complexity index is 657. The molecule has 3 rings (SSSR count). The highest BCUT2D eigenvalue weighted by atomic mass is 19.2. The van der Waals surface area contributed by atoms with Gasteiger partial charge in [-0.25, -0.2) is 17.6 Å². The van der Waals surface area contributed by atoms with Crippen LogP contribution >= 0.6 is 0 Å². The summed E-state index contributed by atoms with van der Waals surface area (Å²) in [5.74, 6) is -4.59. The zero-order chi connectivity index (χ0) is 15.0. The van der Waals surface area contributed by atoms with Gasteiger partial charge in [-0.1, -0.05) is 6.07 Å². The molecule has 21 heavy (non-hydrogen) atoms. The molecule has 0 radical (unpaired) electrons. The molecule has 0 saturated heterocycles. The van der Waals surface area contributed by atoms with Crippen molar-refractivity contribution in [3.05, 3.63) is 59.2 Å². The van der Waals surface area contributed by atoms with Gasteiger partial charge in [0.15, 0.2) is 17.5 Å². The van der Waals surface area contributed by atoms with Crippen LogP contribution in [-0.4, -0.2) is 6.04 Å². The van der Waals surface area contributed by atoms with Gasteiger partial charge >= 0.3 is 0 Å². The highest BCUT2D eigenvalue weighted by molar-refractivity contribution is 5.67. The summed E-state index contributed by atoms with van der Waals surface area (Å²) in [5.41, 5.74) is 1.20. The fourth-order valence-electron chi connectivity index (χ4n) is 2.22. The van der Waals surface area contributed by atoms with Crippen molar-refractivity contribution in [3.8, 4) is 11.1 Å². The monoisotopic (exact) mass is 295 g/mol. The van der Waals surface area contributed by atoms with Crippen LogP contribution in [0.4, 0.5) is 17.6 Å². The molecule has 1 aliphatic carbocycles. The van der Waals surface area contributed by atoms with Crippen LogP contribution in [0.5, 0.6) is 0 Å². The van der Waals surface area contributed by atoms with Crippen LogP contribution in [0.3, 0.4) is 0 Å². The van der Waals surface area contributed by atoms with E-state index in [1.807, 2.05) is 0 Å². The minimum absolute atomic E-state index is 0.124. The van der Waals surface area contributed by atoms with Crippen LogP contribution < -0.4 is 5.32 Å². The number of hydrogen-bond donors (Lipinski definition) is 1. The molecule has 0 unspecified atom stereocenters. The molecule has 2 aromatic carbocycles. The summed E-state index contributed by atoms with van der Waals surface area (Å²) in [5, 5.41) is 3.26. The van der Waals surface area contributed by atoms with E-state index in [-0.39, 0.29) is 5.56 Å². The van der Waals surface area contributed by atoms with E-state index in [4.69, 9.17) is 0 Å². The lowest BCUT2D eigenvalue weighted by Crippen LogP contribution is -2.16. The first-order valence-corrected chi connectivity index (χ1v) is 6.71. The second-order valence-corrected chi connectivity index (χ2v) is 5.21. The minimum Gasteiger partial charge on any atom is -0.310 e. The lowest BCUT2D eigenvalue weighted by atomic mass is 9.99. The molecule has 0 aromatic heterocycles. The molecule has 2 aromatic rings. The predicted octanol–water partition coefficient (Wildman–Crippen LogP) is 4.16. The molecule has 1 saturated carbocycles. The second-order valence-electron chi connectivity index (χ2n) is 5.21. The second kappa shape index (κ2) is 5.48. The molecule has 110 valence electrons. The lowest BCUT2D eigenvalue weighted by molar-refractivity contribution is 0.447. The number of rotatable bonds is 4. The van der Waals surface area contributed by atoms with Crippen molar-refractivity contribution in [3.63, 3.8) is 0 Å². The molecule has 0 amide bonds. The molecule has 1 nitrogen and oxygen atoms in total. The maximum Gasteiger partial charge on any atom is 0.194 e. The van der Waals surface area contributed by atoms with Gasteiger partial charge in [0.2, 0.25) is 0 Å². The van der Waals surface area contributed by atoms with Crippen LogP contribution in [0.1, 0.15) is 18.4 Å². The summed E-state index contributed by atoms with van der Waals surface area (Å²) in [7, 11) is 0. The van der Waals surface area contributed by atoms with Crippen LogP contribution in [0.25, 0.3) is 11.1 Å². The Morgan fingerprint density at radius 1 is 0.952 bits per heavy atom. The molecular weight excluding hydrogens is 282 g/mol. The molecular formula is C16H13F4N. The van der Waals surface area contributed by atoms with E-state index in [9.17, 15) is 17.6 Å². The Hall–Kier alpha value is -1.88. The summed E-state index contributed by atoms with van der Waals surface area (Å²) in [6.45, 7) is 0.473. The van der Waals surface area contributed by atoms with E-state index >= 15 is 0 Å². The van der Waals surface area contributed by atoms with Crippen molar-refractivity contribution in [2.45, 2.75) is 25.4 Å². The molecule has 1 fully saturated rings. The summed E-state index contributed by atoms with van der Waals surface area (Å²) in [6.07, 6.45) is 2.19. The van der Waals surface area contributed by atoms with Gasteiger partial charge in [-0.2, -0.15) is 0 Å². The van der Waals surface area contributed by atoms with Crippen LogP contribution in [-0.2, 0) is 6.54 Å². The van der Waals surface area contributed by atoms with E-state index in [1.165, 1.54) is 12.1 Å². The van der Waals surface area contributed by atoms with E-state index < -0.39 is 23.3 Å². The van der Waals surface area contributed by atoms with Crippen molar-refractivity contribution < 1.29 is 17.6 Å². The van der Waals surface area contributed by atoms with Gasteiger partial charge in [-0.05, 0) is 53.8 Å². The zero-order valence-corrected chi connectivity index (χ0v) is 11.1. The average Bonchev–Trinajstić information content (AvgIpc) is 3.27. The molecule has 1 aliphatic rings. The van der Waals surface area contributed by atoms with E-state index in [0.29, 0.717) is 23.7 Å². The molecule has 5 heteroatoms. The third-order valence-electron chi connectivity index (χ3n) is 3.53. The summed E-state index contributed by atoms with van der Waals surface area (Å²) >= 11 is 0. The largest absolute Gasteiger partial charge is 0.310 e. The van der Waals surface area contributed by atoms with Gasteiger partial charge in [-0.15, -0.1) is 0 Å². The quantitative estimate of drug-likeness (QED) is 0.659. The van der Waals surface area contributed by atoms with E-state index in [1.54, 1.807) is 6.07 Å². The summed E-state index contributed by atoms with van der Waals surface area (Å²) in [6, 6.07) is 6.28. The normalized spacial score (nSPS) is 14.5. The molecule has 0 spiro atoms. The minimum atomic E-state index is -1.52. The first-order chi connectivity index (χ1) is 10.0. The van der Waals surface area contributed by atoms with Gasteiger partial charge < -0.3 is 5.32 Å². The van der Waals surface area contributed by atoms with E-state index in [0.717, 1.165) is 25.0 Å².